The van der Waals surface area contributed by atoms with Crippen molar-refractivity contribution in [2.75, 3.05) is 26.2 Å². The van der Waals surface area contributed by atoms with Gasteiger partial charge in [0.05, 0.1) is 0 Å². The van der Waals surface area contributed by atoms with E-state index >= 15 is 0 Å². The molecule has 1 rings (SSSR count). The van der Waals surface area contributed by atoms with Crippen molar-refractivity contribution in [2.24, 2.45) is 5.92 Å². The summed E-state index contributed by atoms with van der Waals surface area (Å²) in [5.74, 6) is -0.695. The van der Waals surface area contributed by atoms with E-state index in [0.29, 0.717) is 32.5 Å². The molecular formula is C14H26N2O4. The molecule has 2 atom stereocenters. The number of aliphatic carboxylic acids is 1. The van der Waals surface area contributed by atoms with Crippen LogP contribution < -0.4 is 5.32 Å². The van der Waals surface area contributed by atoms with Gasteiger partial charge in [-0.3, -0.25) is 9.59 Å². The summed E-state index contributed by atoms with van der Waals surface area (Å²) in [4.78, 5) is 24.7. The quantitative estimate of drug-likeness (QED) is 0.564. The number of aliphatic hydroxyl groups excluding tert-OH is 1. The summed E-state index contributed by atoms with van der Waals surface area (Å²) in [6.45, 7) is 3.98. The van der Waals surface area contributed by atoms with E-state index in [1.165, 1.54) is 0 Å². The van der Waals surface area contributed by atoms with Crippen LogP contribution in [0.25, 0.3) is 0 Å². The van der Waals surface area contributed by atoms with Crippen molar-refractivity contribution in [3.05, 3.63) is 0 Å². The van der Waals surface area contributed by atoms with E-state index in [1.54, 1.807) is 4.90 Å². The highest BCUT2D eigenvalue weighted by Crippen LogP contribution is 2.21. The number of aliphatic hydroxyl groups is 1. The van der Waals surface area contributed by atoms with Gasteiger partial charge in [-0.25, -0.2) is 0 Å². The summed E-state index contributed by atoms with van der Waals surface area (Å²) < 4.78 is 0. The van der Waals surface area contributed by atoms with Crippen LogP contribution >= 0.6 is 0 Å². The zero-order valence-corrected chi connectivity index (χ0v) is 12.2. The first-order valence-electron chi connectivity index (χ1n) is 7.40. The van der Waals surface area contributed by atoms with E-state index in [2.05, 4.69) is 5.32 Å². The number of rotatable bonds is 8. The molecule has 6 heteroatoms. The van der Waals surface area contributed by atoms with E-state index in [4.69, 9.17) is 10.2 Å². The molecule has 0 aromatic heterocycles. The van der Waals surface area contributed by atoms with Crippen LogP contribution in [0.15, 0.2) is 0 Å². The zero-order chi connectivity index (χ0) is 15.0. The summed E-state index contributed by atoms with van der Waals surface area (Å²) >= 11 is 0. The Kier molecular flexibility index (Phi) is 7.54. The average molecular weight is 286 g/mol. The molecular weight excluding hydrogens is 260 g/mol. The summed E-state index contributed by atoms with van der Waals surface area (Å²) in [7, 11) is 0. The lowest BCUT2D eigenvalue weighted by Gasteiger charge is -2.38. The van der Waals surface area contributed by atoms with Crippen molar-refractivity contribution < 1.29 is 19.8 Å². The number of nitrogens with zero attached hydrogens (tertiary/aromatic N) is 1. The maximum absolute atomic E-state index is 12.0. The van der Waals surface area contributed by atoms with Crippen molar-refractivity contribution in [1.29, 1.82) is 0 Å². The Bertz CT molecular complexity index is 322. The molecule has 1 saturated heterocycles. The Morgan fingerprint density at radius 2 is 2.10 bits per heavy atom. The summed E-state index contributed by atoms with van der Waals surface area (Å²) in [5.41, 5.74) is 0. The Hall–Kier alpha value is -1.14. The van der Waals surface area contributed by atoms with Gasteiger partial charge in [0.15, 0.2) is 0 Å². The number of hydrogen-bond acceptors (Lipinski definition) is 4. The molecule has 0 bridgehead atoms. The standard InChI is InChI=1S/C14H26N2O4/c1-2-4-13(18)16-9-11(8-14(19)20)7-12(10-16)15-5-3-6-17/h11-12,15,17H,2-10H2,1H3,(H,19,20). The minimum absolute atomic E-state index is 0.00804. The molecule has 0 saturated carbocycles. The third kappa shape index (κ3) is 5.88. The van der Waals surface area contributed by atoms with Gasteiger partial charge < -0.3 is 20.4 Å². The minimum atomic E-state index is -0.811. The molecule has 6 nitrogen and oxygen atoms in total. The smallest absolute Gasteiger partial charge is 0.303 e. The van der Waals surface area contributed by atoms with Crippen molar-refractivity contribution >= 4 is 11.9 Å². The maximum atomic E-state index is 12.0. The first-order valence-corrected chi connectivity index (χ1v) is 7.40. The average Bonchev–Trinajstić information content (AvgIpc) is 2.38. The lowest BCUT2D eigenvalue weighted by atomic mass is 9.91. The lowest BCUT2D eigenvalue weighted by Crippen LogP contribution is -2.51. The monoisotopic (exact) mass is 286 g/mol. The normalized spacial score (nSPS) is 22.8. The van der Waals surface area contributed by atoms with E-state index in [1.807, 2.05) is 6.92 Å². The van der Waals surface area contributed by atoms with Crippen molar-refractivity contribution in [3.8, 4) is 0 Å². The number of carboxylic acid groups (broad SMARTS) is 1. The Balaban J connectivity index is 2.56. The maximum Gasteiger partial charge on any atom is 0.303 e. The molecule has 1 aliphatic heterocycles. The van der Waals surface area contributed by atoms with Gasteiger partial charge in [-0.15, -0.1) is 0 Å². The third-order valence-electron chi connectivity index (χ3n) is 3.58. The van der Waals surface area contributed by atoms with Gasteiger partial charge in [-0.2, -0.15) is 0 Å². The number of carbonyl (C=O) groups excluding carboxylic acids is 1. The zero-order valence-electron chi connectivity index (χ0n) is 12.2. The van der Waals surface area contributed by atoms with E-state index in [0.717, 1.165) is 12.8 Å². The molecule has 3 N–H and O–H groups in total. The van der Waals surface area contributed by atoms with Gasteiger partial charge in [0, 0.05) is 38.6 Å². The Morgan fingerprint density at radius 1 is 1.35 bits per heavy atom. The van der Waals surface area contributed by atoms with Crippen LogP contribution in [0.2, 0.25) is 0 Å². The number of carboxylic acids is 1. The molecule has 1 amide bonds. The first-order chi connectivity index (χ1) is 9.56. The number of amides is 1. The molecule has 116 valence electrons. The second-order valence-electron chi connectivity index (χ2n) is 5.48. The highest BCUT2D eigenvalue weighted by atomic mass is 16.4. The van der Waals surface area contributed by atoms with Gasteiger partial charge in [-0.1, -0.05) is 6.92 Å². The molecule has 0 spiro atoms. The molecule has 2 unspecified atom stereocenters. The molecule has 1 aliphatic rings. The summed E-state index contributed by atoms with van der Waals surface area (Å²) in [6, 6.07) is 0.125. The number of piperidine rings is 1. The highest BCUT2D eigenvalue weighted by molar-refractivity contribution is 5.76. The molecule has 0 aromatic carbocycles. The lowest BCUT2D eigenvalue weighted by molar-refractivity contribution is -0.141. The van der Waals surface area contributed by atoms with E-state index in [9.17, 15) is 9.59 Å². The first kappa shape index (κ1) is 16.9. The largest absolute Gasteiger partial charge is 0.481 e. The molecule has 1 heterocycles. The van der Waals surface area contributed by atoms with Crippen LogP contribution in [0, 0.1) is 5.92 Å². The van der Waals surface area contributed by atoms with Gasteiger partial charge in [0.1, 0.15) is 0 Å². The van der Waals surface area contributed by atoms with E-state index < -0.39 is 5.97 Å². The number of nitrogens with one attached hydrogen (secondary N) is 1. The highest BCUT2D eigenvalue weighted by Gasteiger charge is 2.30. The molecule has 20 heavy (non-hydrogen) atoms. The molecule has 0 aliphatic carbocycles. The molecule has 1 fully saturated rings. The molecule has 0 aromatic rings. The van der Waals surface area contributed by atoms with Crippen LogP contribution in [-0.2, 0) is 9.59 Å². The van der Waals surface area contributed by atoms with Crippen molar-refractivity contribution in [1.82, 2.24) is 10.2 Å². The van der Waals surface area contributed by atoms with Crippen LogP contribution in [0.3, 0.4) is 0 Å². The Morgan fingerprint density at radius 3 is 2.70 bits per heavy atom. The Labute approximate surface area is 120 Å². The minimum Gasteiger partial charge on any atom is -0.481 e. The number of hydrogen-bond donors (Lipinski definition) is 3. The fraction of sp³-hybridized carbons (Fsp3) is 0.857. The molecule has 0 radical (unpaired) electrons. The van der Waals surface area contributed by atoms with E-state index in [-0.39, 0.29) is 30.9 Å². The fourth-order valence-electron chi connectivity index (χ4n) is 2.71. The van der Waals surface area contributed by atoms with Gasteiger partial charge in [-0.05, 0) is 31.7 Å². The van der Waals surface area contributed by atoms with Gasteiger partial charge >= 0.3 is 5.97 Å². The third-order valence-corrected chi connectivity index (χ3v) is 3.58. The second-order valence-corrected chi connectivity index (χ2v) is 5.48. The van der Waals surface area contributed by atoms with Crippen LogP contribution in [0.1, 0.15) is 39.0 Å². The number of likely N-dealkylation sites (tertiary alicyclic amines) is 1. The summed E-state index contributed by atoms with van der Waals surface area (Å²) in [5, 5.41) is 21.0. The van der Waals surface area contributed by atoms with Crippen LogP contribution in [-0.4, -0.2) is 59.3 Å². The van der Waals surface area contributed by atoms with Crippen molar-refractivity contribution in [2.45, 2.75) is 45.1 Å². The SMILES string of the molecule is CCCC(=O)N1CC(CC(=O)O)CC(NCCCO)C1. The van der Waals surface area contributed by atoms with Crippen LogP contribution in [0.5, 0.6) is 0 Å². The summed E-state index contributed by atoms with van der Waals surface area (Å²) in [6.07, 6.45) is 2.87. The fourth-order valence-corrected chi connectivity index (χ4v) is 2.71. The van der Waals surface area contributed by atoms with Gasteiger partial charge in [0.25, 0.3) is 0 Å². The topological polar surface area (TPSA) is 89.9 Å². The second kappa shape index (κ2) is 8.92. The van der Waals surface area contributed by atoms with Gasteiger partial charge in [0.2, 0.25) is 5.91 Å². The van der Waals surface area contributed by atoms with Crippen molar-refractivity contribution in [3.63, 3.8) is 0 Å². The predicted octanol–water partition coefficient (Wildman–Crippen LogP) is 0.450. The number of carbonyl (C=O) groups is 2. The predicted molar refractivity (Wildman–Crippen MR) is 75.3 cm³/mol. The van der Waals surface area contributed by atoms with Crippen LogP contribution in [0.4, 0.5) is 0 Å².